The first-order valence-corrected chi connectivity index (χ1v) is 12.1. The molecule has 2 aliphatic heterocycles. The molecule has 8 heteroatoms. The van der Waals surface area contributed by atoms with Gasteiger partial charge in [0.15, 0.2) is 0 Å². The van der Waals surface area contributed by atoms with E-state index in [4.69, 9.17) is 21.1 Å². The van der Waals surface area contributed by atoms with Gasteiger partial charge in [-0.25, -0.2) is 0 Å². The molecular formula is C27H29ClN2O5. The van der Waals surface area contributed by atoms with Crippen LogP contribution >= 0.6 is 11.6 Å². The lowest BCUT2D eigenvalue weighted by Gasteiger charge is -2.29. The molecule has 184 valence electrons. The molecule has 0 aliphatic carbocycles. The molecule has 0 spiro atoms. The van der Waals surface area contributed by atoms with E-state index in [0.29, 0.717) is 54.7 Å². The Morgan fingerprint density at radius 3 is 2.43 bits per heavy atom. The molecule has 2 fully saturated rings. The van der Waals surface area contributed by atoms with Crippen molar-refractivity contribution in [3.63, 3.8) is 0 Å². The molecule has 1 atom stereocenters. The van der Waals surface area contributed by atoms with E-state index in [-0.39, 0.29) is 11.3 Å². The number of aliphatic hydroxyl groups excluding tert-OH is 1. The zero-order chi connectivity index (χ0) is 24.8. The number of rotatable bonds is 9. The van der Waals surface area contributed by atoms with Crippen LogP contribution in [0.3, 0.4) is 0 Å². The number of halogens is 1. The third-order valence-electron chi connectivity index (χ3n) is 6.20. The number of amides is 1. The van der Waals surface area contributed by atoms with Crippen LogP contribution in [0.1, 0.15) is 23.6 Å². The van der Waals surface area contributed by atoms with E-state index in [2.05, 4.69) is 11.5 Å². The van der Waals surface area contributed by atoms with Crippen molar-refractivity contribution in [1.29, 1.82) is 0 Å². The molecule has 0 aromatic heterocycles. The van der Waals surface area contributed by atoms with Gasteiger partial charge >= 0.3 is 0 Å². The molecule has 2 heterocycles. The predicted octanol–water partition coefficient (Wildman–Crippen LogP) is 4.05. The second kappa shape index (κ2) is 11.5. The Hall–Kier alpha value is -3.13. The number of ketones is 1. The molecule has 2 aromatic carbocycles. The number of morpholine rings is 1. The minimum Gasteiger partial charge on any atom is -0.507 e. The van der Waals surface area contributed by atoms with Crippen molar-refractivity contribution in [2.75, 3.05) is 46.0 Å². The summed E-state index contributed by atoms with van der Waals surface area (Å²) in [5.74, 6) is -0.909. The van der Waals surface area contributed by atoms with Crippen molar-refractivity contribution in [1.82, 2.24) is 9.80 Å². The summed E-state index contributed by atoms with van der Waals surface area (Å²) in [4.78, 5) is 30.1. The van der Waals surface area contributed by atoms with Crippen LogP contribution < -0.4 is 4.74 Å². The van der Waals surface area contributed by atoms with Gasteiger partial charge in [0.25, 0.3) is 11.7 Å². The maximum Gasteiger partial charge on any atom is 0.295 e. The van der Waals surface area contributed by atoms with Gasteiger partial charge in [-0.15, -0.1) is 0 Å². The molecular weight excluding hydrogens is 468 g/mol. The number of carbonyl (C=O) groups is 2. The Bertz CT molecular complexity index is 1090. The summed E-state index contributed by atoms with van der Waals surface area (Å²) < 4.78 is 10.9. The van der Waals surface area contributed by atoms with Crippen molar-refractivity contribution in [3.8, 4) is 5.75 Å². The van der Waals surface area contributed by atoms with Gasteiger partial charge in [0, 0.05) is 36.8 Å². The number of likely N-dealkylation sites (tertiary alicyclic amines) is 1. The molecule has 4 rings (SSSR count). The van der Waals surface area contributed by atoms with Gasteiger partial charge in [-0.1, -0.05) is 36.4 Å². The highest BCUT2D eigenvalue weighted by molar-refractivity contribution is 6.46. The van der Waals surface area contributed by atoms with Gasteiger partial charge in [0.1, 0.15) is 18.1 Å². The summed E-state index contributed by atoms with van der Waals surface area (Å²) in [5, 5.41) is 11.7. The fourth-order valence-electron chi connectivity index (χ4n) is 4.41. The third-order valence-corrected chi connectivity index (χ3v) is 6.45. The fraction of sp³-hybridized carbons (Fsp3) is 0.333. The maximum atomic E-state index is 13.2. The van der Waals surface area contributed by atoms with Crippen LogP contribution in [-0.2, 0) is 14.3 Å². The average molecular weight is 497 g/mol. The normalized spacial score (nSPS) is 20.3. The van der Waals surface area contributed by atoms with E-state index < -0.39 is 17.7 Å². The summed E-state index contributed by atoms with van der Waals surface area (Å²) in [5.41, 5.74) is 1.22. The zero-order valence-corrected chi connectivity index (χ0v) is 20.2. The number of hydrogen-bond acceptors (Lipinski definition) is 6. The van der Waals surface area contributed by atoms with E-state index >= 15 is 0 Å². The number of benzene rings is 2. The van der Waals surface area contributed by atoms with Crippen LogP contribution in [0.5, 0.6) is 5.75 Å². The lowest BCUT2D eigenvalue weighted by molar-refractivity contribution is -0.140. The summed E-state index contributed by atoms with van der Waals surface area (Å²) in [6.45, 7) is 8.28. The minimum atomic E-state index is -0.700. The first-order chi connectivity index (χ1) is 17.0. The van der Waals surface area contributed by atoms with Crippen molar-refractivity contribution in [3.05, 3.63) is 82.9 Å². The molecule has 2 aromatic rings. The van der Waals surface area contributed by atoms with E-state index in [1.165, 1.54) is 0 Å². The van der Waals surface area contributed by atoms with Crippen molar-refractivity contribution in [2.45, 2.75) is 12.5 Å². The smallest absolute Gasteiger partial charge is 0.295 e. The van der Waals surface area contributed by atoms with E-state index in [1.54, 1.807) is 59.5 Å². The monoisotopic (exact) mass is 496 g/mol. The topological polar surface area (TPSA) is 79.3 Å². The highest BCUT2D eigenvalue weighted by Gasteiger charge is 2.45. The lowest BCUT2D eigenvalue weighted by atomic mass is 9.95. The highest BCUT2D eigenvalue weighted by atomic mass is 35.5. The molecule has 2 saturated heterocycles. The second-order valence-corrected chi connectivity index (χ2v) is 8.91. The summed E-state index contributed by atoms with van der Waals surface area (Å²) in [6, 6.07) is 13.0. The van der Waals surface area contributed by atoms with Gasteiger partial charge in [-0.05, 0) is 48.4 Å². The fourth-order valence-corrected chi connectivity index (χ4v) is 4.54. The molecule has 7 nitrogen and oxygen atoms in total. The largest absolute Gasteiger partial charge is 0.507 e. The van der Waals surface area contributed by atoms with Crippen molar-refractivity contribution < 1.29 is 24.2 Å². The van der Waals surface area contributed by atoms with Crippen LogP contribution in [0.15, 0.2) is 66.8 Å². The minimum absolute atomic E-state index is 0.0726. The van der Waals surface area contributed by atoms with Gasteiger partial charge in [0.2, 0.25) is 0 Å². The zero-order valence-electron chi connectivity index (χ0n) is 19.5. The standard InChI is InChI=1S/C27H29ClN2O5/c1-2-16-35-22-10-6-20(7-11-22)25(31)23-24(19-4-8-21(28)9-5-19)30(27(33)26(23)32)13-3-12-29-14-17-34-18-15-29/h2,4-11,24,31H,1,3,12-18H2/t24-/m0/s1. The molecule has 0 saturated carbocycles. The highest BCUT2D eigenvalue weighted by Crippen LogP contribution is 2.40. The molecule has 1 N–H and O–H groups in total. The van der Waals surface area contributed by atoms with Gasteiger partial charge in [0.05, 0.1) is 24.8 Å². The molecule has 1 amide bonds. The Morgan fingerprint density at radius 1 is 1.09 bits per heavy atom. The summed E-state index contributed by atoms with van der Waals surface area (Å²) in [7, 11) is 0. The first-order valence-electron chi connectivity index (χ1n) is 11.7. The van der Waals surface area contributed by atoms with Crippen molar-refractivity contribution >= 4 is 29.1 Å². The number of aliphatic hydroxyl groups is 1. The predicted molar refractivity (Wildman–Crippen MR) is 134 cm³/mol. The SMILES string of the molecule is C=CCOc1ccc(C(O)=C2C(=O)C(=O)N(CCCN3CCOCC3)[C@H]2c2ccc(Cl)cc2)cc1. The number of Topliss-reactive ketones (excluding diaryl/α,β-unsaturated/α-hetero) is 1. The second-order valence-electron chi connectivity index (χ2n) is 8.48. The van der Waals surface area contributed by atoms with Gasteiger partial charge in [-0.2, -0.15) is 0 Å². The summed E-state index contributed by atoms with van der Waals surface area (Å²) >= 11 is 6.08. The van der Waals surface area contributed by atoms with Crippen LogP contribution in [0.2, 0.25) is 5.02 Å². The number of ether oxygens (including phenoxy) is 2. The first kappa shape index (κ1) is 25.0. The Kier molecular flexibility index (Phi) is 8.23. The molecule has 0 unspecified atom stereocenters. The van der Waals surface area contributed by atoms with E-state index in [1.807, 2.05) is 0 Å². The molecule has 0 radical (unpaired) electrons. The lowest BCUT2D eigenvalue weighted by Crippen LogP contribution is -2.38. The van der Waals surface area contributed by atoms with Gasteiger partial charge in [-0.3, -0.25) is 14.5 Å². The van der Waals surface area contributed by atoms with Crippen molar-refractivity contribution in [2.24, 2.45) is 0 Å². The molecule has 35 heavy (non-hydrogen) atoms. The number of nitrogens with zero attached hydrogens (tertiary/aromatic N) is 2. The van der Waals surface area contributed by atoms with Gasteiger partial charge < -0.3 is 19.5 Å². The number of hydrogen-bond donors (Lipinski definition) is 1. The third kappa shape index (κ3) is 5.75. The van der Waals surface area contributed by atoms with Crippen LogP contribution in [0, 0.1) is 0 Å². The quantitative estimate of drug-likeness (QED) is 0.244. The van der Waals surface area contributed by atoms with Crippen LogP contribution in [0.25, 0.3) is 5.76 Å². The van der Waals surface area contributed by atoms with Crippen LogP contribution in [-0.4, -0.2) is 72.6 Å². The van der Waals surface area contributed by atoms with E-state index in [9.17, 15) is 14.7 Å². The van der Waals surface area contributed by atoms with E-state index in [0.717, 1.165) is 19.6 Å². The Balaban J connectivity index is 1.63. The molecule has 2 aliphatic rings. The summed E-state index contributed by atoms with van der Waals surface area (Å²) in [6.07, 6.45) is 2.34. The molecule has 0 bridgehead atoms. The Morgan fingerprint density at radius 2 is 1.77 bits per heavy atom. The maximum absolute atomic E-state index is 13.2. The van der Waals surface area contributed by atoms with Crippen LogP contribution in [0.4, 0.5) is 0 Å². The average Bonchev–Trinajstić information content (AvgIpc) is 3.13. The number of carbonyl (C=O) groups excluding carboxylic acids is 2. The Labute approximate surface area is 210 Å².